The van der Waals surface area contributed by atoms with Gasteiger partial charge in [-0.25, -0.2) is 9.37 Å². The lowest BCUT2D eigenvalue weighted by Gasteiger charge is -2.24. The number of benzene rings is 4. The zero-order valence-electron chi connectivity index (χ0n) is 23.9. The number of rotatable bonds is 11. The largest absolute Gasteiger partial charge is 0.494 e. The van der Waals surface area contributed by atoms with Gasteiger partial charge in [0.1, 0.15) is 11.6 Å². The Morgan fingerprint density at radius 2 is 1.60 bits per heavy atom. The molecule has 0 spiro atoms. The number of nitrogen functional groups attached to an aromatic ring is 1. The summed E-state index contributed by atoms with van der Waals surface area (Å²) in [6.07, 6.45) is -0.216. The van der Waals surface area contributed by atoms with Crippen LogP contribution in [0.1, 0.15) is 31.9 Å². The maximum Gasteiger partial charge on any atom is 0.208 e. The van der Waals surface area contributed by atoms with Crippen LogP contribution < -0.4 is 20.1 Å². The van der Waals surface area contributed by atoms with Crippen molar-refractivity contribution in [1.82, 2.24) is 9.97 Å². The van der Waals surface area contributed by atoms with Crippen LogP contribution in [0, 0.1) is 11.2 Å². The van der Waals surface area contributed by atoms with Gasteiger partial charge >= 0.3 is 0 Å². The number of nitrogens with one attached hydrogen (secondary N) is 2. The minimum Gasteiger partial charge on any atom is -0.494 e. The third kappa shape index (κ3) is 6.28. The molecule has 1 aromatic heterocycles. The van der Waals surface area contributed by atoms with E-state index in [1.807, 2.05) is 98.5 Å². The highest BCUT2D eigenvalue weighted by atomic mass is 19.1. The molecule has 4 aromatic carbocycles. The van der Waals surface area contributed by atoms with Crippen LogP contribution in [0.2, 0.25) is 0 Å². The Morgan fingerprint density at radius 3 is 2.19 bits per heavy atom. The lowest BCUT2D eigenvalue weighted by Crippen LogP contribution is -2.20. The predicted octanol–water partition coefficient (Wildman–Crippen LogP) is 7.69. The van der Waals surface area contributed by atoms with E-state index in [2.05, 4.69) is 4.98 Å². The Hall–Kier alpha value is -5.11. The van der Waals surface area contributed by atoms with Gasteiger partial charge in [-0.1, -0.05) is 60.7 Å². The Bertz CT molecular complexity index is 1590. The van der Waals surface area contributed by atoms with Crippen molar-refractivity contribution >= 4 is 17.5 Å². The van der Waals surface area contributed by atoms with Gasteiger partial charge in [0.25, 0.3) is 0 Å². The topological polar surface area (TPSA) is 100 Å². The fraction of sp³-hybridized carbons (Fsp3) is 0.176. The van der Waals surface area contributed by atoms with E-state index in [9.17, 15) is 0 Å². The summed E-state index contributed by atoms with van der Waals surface area (Å²) in [7, 11) is 0. The van der Waals surface area contributed by atoms with Gasteiger partial charge in [0.2, 0.25) is 5.95 Å². The number of hydrogen-bond acceptors (Lipinski definition) is 5. The number of hydrogen-bond donors (Lipinski definition) is 3. The number of nitrogens with two attached hydrogens (primary N) is 1. The van der Waals surface area contributed by atoms with Crippen molar-refractivity contribution in [1.29, 1.82) is 5.41 Å². The maximum absolute atomic E-state index is 15.9. The standard InChI is InChI=1S/C34H34FN5O2/c1-4-41-28-19-26(30(35)29(20-28)42-22(2)3)21-40(27-17-15-25(16-18-27)33(36)37)34-38-31(23-11-7-5-8-12-23)32(39-34)24-13-9-6-10-14-24/h5-20,22H,4,21H2,1-3H3,(H3,36,37)(H,38,39). The molecular weight excluding hydrogens is 529 g/mol. The van der Waals surface area contributed by atoms with Gasteiger partial charge in [-0.2, -0.15) is 0 Å². The maximum atomic E-state index is 15.9. The third-order valence-corrected chi connectivity index (χ3v) is 6.64. The Labute approximate surface area is 245 Å². The number of halogens is 1. The second kappa shape index (κ2) is 12.6. The molecule has 0 saturated carbocycles. The molecule has 0 aliphatic rings. The lowest BCUT2D eigenvalue weighted by molar-refractivity contribution is 0.228. The summed E-state index contributed by atoms with van der Waals surface area (Å²) < 4.78 is 27.5. The van der Waals surface area contributed by atoms with Crippen molar-refractivity contribution in [2.75, 3.05) is 11.5 Å². The first-order valence-corrected chi connectivity index (χ1v) is 13.9. The van der Waals surface area contributed by atoms with Crippen LogP contribution in [0.4, 0.5) is 16.0 Å². The molecule has 0 radical (unpaired) electrons. The van der Waals surface area contributed by atoms with Crippen LogP contribution in [0.15, 0.2) is 97.1 Å². The minimum absolute atomic E-state index is 0.0326. The molecule has 8 heteroatoms. The summed E-state index contributed by atoms with van der Waals surface area (Å²) in [5, 5.41) is 7.82. The van der Waals surface area contributed by atoms with E-state index in [-0.39, 0.29) is 24.2 Å². The van der Waals surface area contributed by atoms with Crippen molar-refractivity contribution in [3.8, 4) is 34.0 Å². The van der Waals surface area contributed by atoms with E-state index in [1.165, 1.54) is 0 Å². The zero-order chi connectivity index (χ0) is 29.6. The van der Waals surface area contributed by atoms with E-state index in [0.29, 0.717) is 29.4 Å². The number of imidazole rings is 1. The van der Waals surface area contributed by atoms with Crippen LogP contribution in [-0.4, -0.2) is 28.5 Å². The SMILES string of the molecule is CCOc1cc(CN(c2ccc(C(=N)N)cc2)c2nc(-c3ccccc3)c(-c3ccccc3)[nH]2)c(F)c(OC(C)C)c1. The molecule has 0 atom stereocenters. The predicted molar refractivity (Wildman–Crippen MR) is 166 cm³/mol. The van der Waals surface area contributed by atoms with Gasteiger partial charge in [0.15, 0.2) is 11.6 Å². The second-order valence-corrected chi connectivity index (χ2v) is 10.1. The molecule has 0 aliphatic carbocycles. The fourth-order valence-electron chi connectivity index (χ4n) is 4.72. The highest BCUT2D eigenvalue weighted by molar-refractivity contribution is 5.95. The molecule has 0 amide bonds. The molecule has 0 fully saturated rings. The van der Waals surface area contributed by atoms with Gasteiger partial charge in [0.05, 0.1) is 30.6 Å². The highest BCUT2D eigenvalue weighted by Crippen LogP contribution is 2.37. The number of amidine groups is 1. The van der Waals surface area contributed by atoms with Gasteiger partial charge < -0.3 is 25.1 Å². The second-order valence-electron chi connectivity index (χ2n) is 10.1. The molecule has 0 unspecified atom stereocenters. The van der Waals surface area contributed by atoms with E-state index >= 15 is 4.39 Å². The number of aromatic amines is 1. The van der Waals surface area contributed by atoms with Gasteiger partial charge in [-0.15, -0.1) is 0 Å². The normalized spacial score (nSPS) is 11.0. The molecule has 7 nitrogen and oxygen atoms in total. The van der Waals surface area contributed by atoms with Crippen LogP contribution in [0.3, 0.4) is 0 Å². The number of H-pyrrole nitrogens is 1. The number of aromatic nitrogens is 2. The van der Waals surface area contributed by atoms with Crippen LogP contribution >= 0.6 is 0 Å². The summed E-state index contributed by atoms with van der Waals surface area (Å²) >= 11 is 0. The van der Waals surface area contributed by atoms with E-state index in [0.717, 1.165) is 28.2 Å². The van der Waals surface area contributed by atoms with E-state index < -0.39 is 5.82 Å². The Balaban J connectivity index is 1.67. The monoisotopic (exact) mass is 563 g/mol. The molecule has 5 aromatic rings. The van der Waals surface area contributed by atoms with Crippen LogP contribution in [0.25, 0.3) is 22.5 Å². The molecule has 42 heavy (non-hydrogen) atoms. The lowest BCUT2D eigenvalue weighted by atomic mass is 10.1. The van der Waals surface area contributed by atoms with Crippen molar-refractivity contribution in [2.24, 2.45) is 5.73 Å². The summed E-state index contributed by atoms with van der Waals surface area (Å²) in [4.78, 5) is 10.5. The Kier molecular flexibility index (Phi) is 8.52. The van der Waals surface area contributed by atoms with E-state index in [4.69, 9.17) is 25.6 Å². The summed E-state index contributed by atoms with van der Waals surface area (Å²) in [5.74, 6) is 0.680. The first kappa shape index (κ1) is 28.4. The molecule has 0 saturated heterocycles. The molecule has 1 heterocycles. The Morgan fingerprint density at radius 1 is 0.952 bits per heavy atom. The quantitative estimate of drug-likeness (QED) is 0.113. The van der Waals surface area contributed by atoms with Gasteiger partial charge in [-0.3, -0.25) is 5.41 Å². The van der Waals surface area contributed by atoms with Crippen molar-refractivity contribution in [3.05, 3.63) is 114 Å². The minimum atomic E-state index is -0.462. The zero-order valence-corrected chi connectivity index (χ0v) is 23.9. The summed E-state index contributed by atoms with van der Waals surface area (Å²) in [6, 6.07) is 30.4. The van der Waals surface area contributed by atoms with Crippen LogP contribution in [0.5, 0.6) is 11.5 Å². The molecule has 5 rings (SSSR count). The molecule has 4 N–H and O–H groups in total. The number of nitrogens with zero attached hydrogens (tertiary/aromatic N) is 2. The summed E-state index contributed by atoms with van der Waals surface area (Å²) in [6.45, 7) is 6.15. The average molecular weight is 564 g/mol. The fourth-order valence-corrected chi connectivity index (χ4v) is 4.72. The molecule has 0 bridgehead atoms. The number of ether oxygens (including phenoxy) is 2. The van der Waals surface area contributed by atoms with Gasteiger partial charge in [0, 0.05) is 34.0 Å². The van der Waals surface area contributed by atoms with E-state index in [1.54, 1.807) is 24.3 Å². The molecular formula is C34H34FN5O2. The smallest absolute Gasteiger partial charge is 0.208 e. The summed E-state index contributed by atoms with van der Waals surface area (Å²) in [5.41, 5.74) is 11.0. The number of anilines is 2. The van der Waals surface area contributed by atoms with Crippen molar-refractivity contribution in [2.45, 2.75) is 33.4 Å². The molecule has 0 aliphatic heterocycles. The first-order valence-electron chi connectivity index (χ1n) is 13.9. The van der Waals surface area contributed by atoms with Crippen LogP contribution in [-0.2, 0) is 6.54 Å². The molecule has 214 valence electrons. The van der Waals surface area contributed by atoms with Gasteiger partial charge in [-0.05, 0) is 51.1 Å². The first-order chi connectivity index (χ1) is 20.3. The third-order valence-electron chi connectivity index (χ3n) is 6.64. The van der Waals surface area contributed by atoms with Crippen molar-refractivity contribution < 1.29 is 13.9 Å². The van der Waals surface area contributed by atoms with Crippen molar-refractivity contribution in [3.63, 3.8) is 0 Å². The highest BCUT2D eigenvalue weighted by Gasteiger charge is 2.23. The average Bonchev–Trinajstić information content (AvgIpc) is 3.44.